The van der Waals surface area contributed by atoms with Gasteiger partial charge in [-0.05, 0) is 25.5 Å². The molecule has 4 rings (SSSR count). The van der Waals surface area contributed by atoms with E-state index < -0.39 is 0 Å². The van der Waals surface area contributed by atoms with Gasteiger partial charge in [0.2, 0.25) is 0 Å². The van der Waals surface area contributed by atoms with Crippen molar-refractivity contribution in [3.63, 3.8) is 0 Å². The maximum atomic E-state index is 12.7. The molecule has 0 aliphatic carbocycles. The molecule has 0 saturated carbocycles. The van der Waals surface area contributed by atoms with Crippen molar-refractivity contribution < 1.29 is 14.0 Å². The van der Waals surface area contributed by atoms with E-state index in [4.69, 9.17) is 4.42 Å². The minimum absolute atomic E-state index is 0.153. The number of carbonyl (C=O) groups is 2. The average molecular weight is 366 g/mol. The number of aromatic nitrogens is 4. The van der Waals surface area contributed by atoms with Crippen molar-refractivity contribution >= 4 is 17.5 Å². The molecule has 1 aliphatic rings. The van der Waals surface area contributed by atoms with E-state index in [0.717, 1.165) is 17.7 Å². The molecule has 1 N–H and O–H groups in total. The summed E-state index contributed by atoms with van der Waals surface area (Å²) in [6, 6.07) is 3.48. The molecule has 4 heterocycles. The lowest BCUT2D eigenvalue weighted by molar-refractivity contribution is 0.0712. The molecule has 27 heavy (non-hydrogen) atoms. The number of furan rings is 1. The van der Waals surface area contributed by atoms with E-state index in [2.05, 4.69) is 20.4 Å². The zero-order valence-electron chi connectivity index (χ0n) is 14.8. The van der Waals surface area contributed by atoms with Crippen LogP contribution in [0.2, 0.25) is 0 Å². The predicted octanol–water partition coefficient (Wildman–Crippen LogP) is 1.87. The SMILES string of the molecule is Cc1ccoc1C(=O)N1CCCn2nc(C(=O)Nc3cncnc3)cc2C1. The van der Waals surface area contributed by atoms with Gasteiger partial charge in [0.05, 0.1) is 36.6 Å². The van der Waals surface area contributed by atoms with Crippen LogP contribution < -0.4 is 5.32 Å². The number of nitrogens with zero attached hydrogens (tertiary/aromatic N) is 5. The highest BCUT2D eigenvalue weighted by molar-refractivity contribution is 6.02. The van der Waals surface area contributed by atoms with Crippen molar-refractivity contribution in [1.82, 2.24) is 24.6 Å². The summed E-state index contributed by atoms with van der Waals surface area (Å²) in [5.74, 6) is -0.144. The van der Waals surface area contributed by atoms with Gasteiger partial charge in [0.15, 0.2) is 11.5 Å². The molecule has 0 bridgehead atoms. The van der Waals surface area contributed by atoms with Gasteiger partial charge in [-0.3, -0.25) is 14.3 Å². The van der Waals surface area contributed by atoms with E-state index in [0.29, 0.717) is 31.1 Å². The Balaban J connectivity index is 1.52. The van der Waals surface area contributed by atoms with Gasteiger partial charge in [0.1, 0.15) is 6.33 Å². The first-order valence-electron chi connectivity index (χ1n) is 8.58. The third-order valence-corrected chi connectivity index (χ3v) is 4.41. The van der Waals surface area contributed by atoms with E-state index in [1.54, 1.807) is 21.7 Å². The third kappa shape index (κ3) is 3.43. The minimum Gasteiger partial charge on any atom is -0.459 e. The first kappa shape index (κ1) is 17.0. The molecule has 0 radical (unpaired) electrons. The second-order valence-electron chi connectivity index (χ2n) is 6.34. The Hall–Kier alpha value is -3.49. The van der Waals surface area contributed by atoms with Gasteiger partial charge in [0.25, 0.3) is 11.8 Å². The number of nitrogens with one attached hydrogen (secondary N) is 1. The van der Waals surface area contributed by atoms with E-state index in [1.165, 1.54) is 25.0 Å². The van der Waals surface area contributed by atoms with Crippen molar-refractivity contribution in [1.29, 1.82) is 0 Å². The van der Waals surface area contributed by atoms with Crippen LogP contribution in [0, 0.1) is 6.92 Å². The summed E-state index contributed by atoms with van der Waals surface area (Å²) in [7, 11) is 0. The summed E-state index contributed by atoms with van der Waals surface area (Å²) >= 11 is 0. The largest absolute Gasteiger partial charge is 0.459 e. The van der Waals surface area contributed by atoms with Gasteiger partial charge >= 0.3 is 0 Å². The Labute approximate surface area is 155 Å². The Morgan fingerprint density at radius 1 is 1.22 bits per heavy atom. The Kier molecular flexibility index (Phi) is 4.41. The quantitative estimate of drug-likeness (QED) is 0.758. The Morgan fingerprint density at radius 2 is 2.04 bits per heavy atom. The van der Waals surface area contributed by atoms with Crippen LogP contribution in [-0.2, 0) is 13.1 Å². The second kappa shape index (κ2) is 7.02. The predicted molar refractivity (Wildman–Crippen MR) is 95.0 cm³/mol. The molecule has 1 aliphatic heterocycles. The normalized spacial score (nSPS) is 13.7. The Morgan fingerprint density at radius 3 is 2.78 bits per heavy atom. The summed E-state index contributed by atoms with van der Waals surface area (Å²) in [5.41, 5.74) is 2.40. The molecule has 3 aromatic rings. The molecule has 0 fully saturated rings. The molecule has 0 spiro atoms. The molecule has 0 saturated heterocycles. The van der Waals surface area contributed by atoms with Gasteiger partial charge in [-0.1, -0.05) is 0 Å². The van der Waals surface area contributed by atoms with Gasteiger partial charge in [-0.25, -0.2) is 9.97 Å². The van der Waals surface area contributed by atoms with Crippen LogP contribution in [-0.4, -0.2) is 43.0 Å². The monoisotopic (exact) mass is 366 g/mol. The standard InChI is InChI=1S/C18H18N6O3/c1-12-3-6-27-16(12)18(26)23-4-2-5-24-14(10-23)7-15(22-24)17(25)21-13-8-19-11-20-9-13/h3,6-9,11H,2,4-5,10H2,1H3,(H,21,25). The molecule has 0 atom stereocenters. The van der Waals surface area contributed by atoms with Crippen LogP contribution >= 0.6 is 0 Å². The molecule has 138 valence electrons. The number of carbonyl (C=O) groups excluding carboxylic acids is 2. The number of amides is 2. The maximum Gasteiger partial charge on any atom is 0.290 e. The fourth-order valence-corrected chi connectivity index (χ4v) is 3.04. The zero-order valence-corrected chi connectivity index (χ0v) is 14.8. The molecule has 0 aromatic carbocycles. The van der Waals surface area contributed by atoms with Crippen molar-refractivity contribution in [3.05, 3.63) is 59.8 Å². The summed E-state index contributed by atoms with van der Waals surface area (Å²) < 4.78 is 7.10. The van der Waals surface area contributed by atoms with Crippen molar-refractivity contribution in [3.8, 4) is 0 Å². The van der Waals surface area contributed by atoms with Gasteiger partial charge in [0, 0.05) is 18.7 Å². The maximum absolute atomic E-state index is 12.7. The third-order valence-electron chi connectivity index (χ3n) is 4.41. The van der Waals surface area contributed by atoms with E-state index in [-0.39, 0.29) is 17.5 Å². The van der Waals surface area contributed by atoms with Crippen LogP contribution in [0.15, 0.2) is 41.5 Å². The van der Waals surface area contributed by atoms with Crippen LogP contribution in [0.1, 0.15) is 38.7 Å². The number of anilines is 1. The highest BCUT2D eigenvalue weighted by atomic mass is 16.3. The minimum atomic E-state index is -0.342. The fraction of sp³-hybridized carbons (Fsp3) is 0.278. The number of aryl methyl sites for hydroxylation is 2. The lowest BCUT2D eigenvalue weighted by atomic mass is 10.2. The topological polar surface area (TPSA) is 106 Å². The molecule has 9 nitrogen and oxygen atoms in total. The highest BCUT2D eigenvalue weighted by Gasteiger charge is 2.25. The number of hydrogen-bond donors (Lipinski definition) is 1. The van der Waals surface area contributed by atoms with Crippen LogP contribution in [0.4, 0.5) is 5.69 Å². The summed E-state index contributed by atoms with van der Waals surface area (Å²) in [4.78, 5) is 34.6. The molecule has 0 unspecified atom stereocenters. The summed E-state index contributed by atoms with van der Waals surface area (Å²) in [5, 5.41) is 7.09. The number of fused-ring (bicyclic) bond motifs is 1. The first-order chi connectivity index (χ1) is 13.1. The van der Waals surface area contributed by atoms with Crippen molar-refractivity contribution in [2.24, 2.45) is 0 Å². The van der Waals surface area contributed by atoms with Crippen molar-refractivity contribution in [2.75, 3.05) is 11.9 Å². The Bertz CT molecular complexity index is 978. The van der Waals surface area contributed by atoms with E-state index in [1.807, 2.05) is 6.92 Å². The smallest absolute Gasteiger partial charge is 0.290 e. The van der Waals surface area contributed by atoms with Gasteiger partial charge < -0.3 is 14.6 Å². The number of hydrogen-bond acceptors (Lipinski definition) is 6. The molecule has 2 amide bonds. The number of rotatable bonds is 3. The molecular weight excluding hydrogens is 348 g/mol. The van der Waals surface area contributed by atoms with Crippen LogP contribution in [0.3, 0.4) is 0 Å². The summed E-state index contributed by atoms with van der Waals surface area (Å²) in [6.07, 6.45) is 6.67. The fourth-order valence-electron chi connectivity index (χ4n) is 3.04. The first-order valence-corrected chi connectivity index (χ1v) is 8.58. The molecule has 9 heteroatoms. The highest BCUT2D eigenvalue weighted by Crippen LogP contribution is 2.19. The summed E-state index contributed by atoms with van der Waals surface area (Å²) in [6.45, 7) is 3.45. The lowest BCUT2D eigenvalue weighted by Crippen LogP contribution is -2.30. The van der Waals surface area contributed by atoms with Crippen LogP contribution in [0.5, 0.6) is 0 Å². The van der Waals surface area contributed by atoms with Gasteiger partial charge in [-0.15, -0.1) is 0 Å². The van der Waals surface area contributed by atoms with Crippen molar-refractivity contribution in [2.45, 2.75) is 26.4 Å². The van der Waals surface area contributed by atoms with Gasteiger partial charge in [-0.2, -0.15) is 5.10 Å². The average Bonchev–Trinajstić information content (AvgIpc) is 3.22. The lowest BCUT2D eigenvalue weighted by Gasteiger charge is -2.18. The van der Waals surface area contributed by atoms with Crippen LogP contribution in [0.25, 0.3) is 0 Å². The van der Waals surface area contributed by atoms with E-state index in [9.17, 15) is 9.59 Å². The van der Waals surface area contributed by atoms with E-state index >= 15 is 0 Å². The second-order valence-corrected chi connectivity index (χ2v) is 6.34. The molecular formula is C18H18N6O3. The zero-order chi connectivity index (χ0) is 18.8. The molecule has 3 aromatic heterocycles.